The number of nitrogens with zero attached hydrogens (tertiary/aromatic N) is 1. The number of thiazole rings is 1. The van der Waals surface area contributed by atoms with Crippen molar-refractivity contribution in [2.24, 2.45) is 5.92 Å². The molecule has 1 aromatic carbocycles. The van der Waals surface area contributed by atoms with E-state index in [1.807, 2.05) is 57.3 Å². The molecular weight excluding hydrogens is 426 g/mol. The molecule has 1 heterocycles. The van der Waals surface area contributed by atoms with Gasteiger partial charge in [-0.2, -0.15) is 0 Å². The fraction of sp³-hybridized carbons (Fsp3) is 0.583. The molecular formula is C24H37N3O4S. The van der Waals surface area contributed by atoms with Crippen LogP contribution >= 0.6 is 11.3 Å². The monoisotopic (exact) mass is 463 g/mol. The highest BCUT2D eigenvalue weighted by atomic mass is 32.1. The van der Waals surface area contributed by atoms with Crippen LogP contribution in [0.5, 0.6) is 5.75 Å². The standard InChI is InChI=1S/C24H37N3O4S/c1-16(2)12-25-13-22(28)21(27-23(29)31-24(4,5)6)11-18-7-9-20(10-8-18)30-14-19-15-32-17(3)26-19/h7-10,15-16,21-22,25,28H,11-14H2,1-6H3,(H,27,29)/t21-,22+/m0/s1. The molecule has 2 aromatic rings. The van der Waals surface area contributed by atoms with Crippen LogP contribution in [0.15, 0.2) is 29.6 Å². The Morgan fingerprint density at radius 2 is 1.88 bits per heavy atom. The molecule has 0 fully saturated rings. The third kappa shape index (κ3) is 9.97. The van der Waals surface area contributed by atoms with Gasteiger partial charge in [-0.25, -0.2) is 9.78 Å². The molecule has 8 heteroatoms. The van der Waals surface area contributed by atoms with E-state index in [1.54, 1.807) is 11.3 Å². The zero-order valence-corrected chi connectivity index (χ0v) is 20.8. The quantitative estimate of drug-likeness (QED) is 0.465. The molecule has 7 nitrogen and oxygen atoms in total. The Bertz CT molecular complexity index is 831. The minimum atomic E-state index is -0.759. The van der Waals surface area contributed by atoms with Gasteiger partial charge in [-0.3, -0.25) is 0 Å². The second kappa shape index (κ2) is 12.2. The molecule has 2 rings (SSSR count). The molecule has 0 bridgehead atoms. The van der Waals surface area contributed by atoms with Gasteiger partial charge < -0.3 is 25.2 Å². The SMILES string of the molecule is Cc1nc(COc2ccc(C[C@H](NC(=O)OC(C)(C)C)[C@H](O)CNCC(C)C)cc2)cs1. The third-order valence-corrected chi connectivity index (χ3v) is 5.33. The molecule has 3 N–H and O–H groups in total. The Morgan fingerprint density at radius 3 is 2.44 bits per heavy atom. The van der Waals surface area contributed by atoms with Gasteiger partial charge in [0.2, 0.25) is 0 Å². The van der Waals surface area contributed by atoms with Crippen molar-refractivity contribution in [3.8, 4) is 5.75 Å². The summed E-state index contributed by atoms with van der Waals surface area (Å²) in [7, 11) is 0. The highest BCUT2D eigenvalue weighted by Crippen LogP contribution is 2.17. The zero-order chi connectivity index (χ0) is 23.7. The Labute approximate surface area is 195 Å². The number of alkyl carbamates (subject to hydrolysis) is 1. The van der Waals surface area contributed by atoms with Gasteiger partial charge in [0.25, 0.3) is 0 Å². The highest BCUT2D eigenvalue weighted by molar-refractivity contribution is 7.09. The van der Waals surface area contributed by atoms with Gasteiger partial charge in [-0.1, -0.05) is 26.0 Å². The van der Waals surface area contributed by atoms with Crippen LogP contribution in [-0.2, 0) is 17.8 Å². The summed E-state index contributed by atoms with van der Waals surface area (Å²) in [4.78, 5) is 16.7. The van der Waals surface area contributed by atoms with E-state index in [-0.39, 0.29) is 0 Å². The van der Waals surface area contributed by atoms with Gasteiger partial charge in [0, 0.05) is 11.9 Å². The summed E-state index contributed by atoms with van der Waals surface area (Å²) in [6, 6.07) is 7.18. The van der Waals surface area contributed by atoms with Crippen molar-refractivity contribution < 1.29 is 19.4 Å². The van der Waals surface area contributed by atoms with Crippen LogP contribution in [0.1, 0.15) is 50.9 Å². The number of hydrogen-bond acceptors (Lipinski definition) is 7. The lowest BCUT2D eigenvalue weighted by atomic mass is 10.0. The maximum absolute atomic E-state index is 12.3. The number of aliphatic hydroxyl groups excluding tert-OH is 1. The number of amides is 1. The number of aryl methyl sites for hydroxylation is 1. The van der Waals surface area contributed by atoms with E-state index >= 15 is 0 Å². The number of carbonyl (C=O) groups is 1. The van der Waals surface area contributed by atoms with Gasteiger partial charge in [0.05, 0.1) is 22.8 Å². The lowest BCUT2D eigenvalue weighted by Crippen LogP contribution is -2.50. The average molecular weight is 464 g/mol. The summed E-state index contributed by atoms with van der Waals surface area (Å²) in [5.74, 6) is 1.22. The number of aliphatic hydroxyl groups is 1. The molecule has 0 radical (unpaired) electrons. The number of nitrogens with one attached hydrogen (secondary N) is 2. The van der Waals surface area contributed by atoms with Crippen molar-refractivity contribution in [2.45, 2.75) is 72.3 Å². The van der Waals surface area contributed by atoms with Crippen molar-refractivity contribution in [1.29, 1.82) is 0 Å². The van der Waals surface area contributed by atoms with E-state index in [4.69, 9.17) is 9.47 Å². The maximum atomic E-state index is 12.3. The van der Waals surface area contributed by atoms with Crippen LogP contribution in [0.3, 0.4) is 0 Å². The van der Waals surface area contributed by atoms with Crippen LogP contribution in [-0.4, -0.2) is 47.0 Å². The number of benzene rings is 1. The molecule has 0 unspecified atom stereocenters. The molecule has 2 atom stereocenters. The minimum absolute atomic E-state index is 0.382. The van der Waals surface area contributed by atoms with E-state index in [0.29, 0.717) is 25.5 Å². The van der Waals surface area contributed by atoms with Crippen molar-refractivity contribution >= 4 is 17.4 Å². The number of carbonyl (C=O) groups excluding carboxylic acids is 1. The fourth-order valence-electron chi connectivity index (χ4n) is 3.01. The lowest BCUT2D eigenvalue weighted by Gasteiger charge is -2.27. The van der Waals surface area contributed by atoms with Gasteiger partial charge in [0.15, 0.2) is 0 Å². The van der Waals surface area contributed by atoms with Gasteiger partial charge in [-0.15, -0.1) is 11.3 Å². The molecule has 178 valence electrons. The van der Waals surface area contributed by atoms with Crippen molar-refractivity contribution in [2.75, 3.05) is 13.1 Å². The molecule has 0 spiro atoms. The summed E-state index contributed by atoms with van der Waals surface area (Å²) in [6.07, 6.45) is -0.830. The Hall–Kier alpha value is -2.16. The van der Waals surface area contributed by atoms with Crippen LogP contribution in [0, 0.1) is 12.8 Å². The molecule has 0 aliphatic heterocycles. The summed E-state index contributed by atoms with van der Waals surface area (Å²) >= 11 is 1.60. The van der Waals surface area contributed by atoms with Crippen LogP contribution < -0.4 is 15.4 Å². The normalized spacial score (nSPS) is 13.6. The molecule has 0 saturated carbocycles. The first-order valence-electron chi connectivity index (χ1n) is 11.0. The molecule has 0 aliphatic carbocycles. The van der Waals surface area contributed by atoms with Gasteiger partial charge in [0.1, 0.15) is 18.0 Å². The van der Waals surface area contributed by atoms with E-state index in [1.165, 1.54) is 0 Å². The second-order valence-corrected chi connectivity index (χ2v) is 10.4. The van der Waals surface area contributed by atoms with E-state index in [9.17, 15) is 9.90 Å². The average Bonchev–Trinajstić information content (AvgIpc) is 3.10. The van der Waals surface area contributed by atoms with E-state index in [0.717, 1.165) is 28.6 Å². The largest absolute Gasteiger partial charge is 0.487 e. The summed E-state index contributed by atoms with van der Waals surface area (Å²) in [5, 5.41) is 19.8. The van der Waals surface area contributed by atoms with Crippen molar-refractivity contribution in [3.05, 3.63) is 45.9 Å². The van der Waals surface area contributed by atoms with E-state index in [2.05, 4.69) is 29.5 Å². The maximum Gasteiger partial charge on any atom is 0.407 e. The van der Waals surface area contributed by atoms with Gasteiger partial charge in [-0.05, 0) is 64.3 Å². The molecule has 1 aromatic heterocycles. The first-order valence-corrected chi connectivity index (χ1v) is 11.9. The van der Waals surface area contributed by atoms with Crippen molar-refractivity contribution in [3.63, 3.8) is 0 Å². The number of rotatable bonds is 11. The number of ether oxygens (including phenoxy) is 2. The van der Waals surface area contributed by atoms with Crippen LogP contribution in [0.4, 0.5) is 4.79 Å². The molecule has 1 amide bonds. The minimum Gasteiger partial charge on any atom is -0.487 e. The number of hydrogen-bond donors (Lipinski definition) is 3. The molecule has 32 heavy (non-hydrogen) atoms. The Morgan fingerprint density at radius 1 is 1.19 bits per heavy atom. The van der Waals surface area contributed by atoms with Crippen LogP contribution in [0.2, 0.25) is 0 Å². The summed E-state index contributed by atoms with van der Waals surface area (Å²) < 4.78 is 11.2. The fourth-order valence-corrected chi connectivity index (χ4v) is 3.61. The van der Waals surface area contributed by atoms with Crippen molar-refractivity contribution in [1.82, 2.24) is 15.6 Å². The predicted molar refractivity (Wildman–Crippen MR) is 128 cm³/mol. The van der Waals surface area contributed by atoms with E-state index < -0.39 is 23.8 Å². The first-order chi connectivity index (χ1) is 15.0. The topological polar surface area (TPSA) is 92.7 Å². The first kappa shape index (κ1) is 26.1. The predicted octanol–water partition coefficient (Wildman–Crippen LogP) is 4.07. The summed E-state index contributed by atoms with van der Waals surface area (Å²) in [6.45, 7) is 13.2. The Kier molecular flexibility index (Phi) is 9.93. The molecule has 0 aliphatic rings. The number of aromatic nitrogens is 1. The van der Waals surface area contributed by atoms with Crippen LogP contribution in [0.25, 0.3) is 0 Å². The molecule has 0 saturated heterocycles. The highest BCUT2D eigenvalue weighted by Gasteiger charge is 2.25. The summed E-state index contributed by atoms with van der Waals surface area (Å²) in [5.41, 5.74) is 1.28. The van der Waals surface area contributed by atoms with Gasteiger partial charge >= 0.3 is 6.09 Å². The third-order valence-electron chi connectivity index (χ3n) is 4.50. The smallest absolute Gasteiger partial charge is 0.407 e. The zero-order valence-electron chi connectivity index (χ0n) is 20.0. The Balaban J connectivity index is 1.98. The second-order valence-electron chi connectivity index (χ2n) is 9.37. The lowest BCUT2D eigenvalue weighted by molar-refractivity contribution is 0.0422.